The van der Waals surface area contributed by atoms with E-state index in [1.54, 1.807) is 24.3 Å². The van der Waals surface area contributed by atoms with E-state index in [9.17, 15) is 19.5 Å². The van der Waals surface area contributed by atoms with Crippen LogP contribution in [0.3, 0.4) is 0 Å². The van der Waals surface area contributed by atoms with Crippen LogP contribution in [-0.4, -0.2) is 52.1 Å². The first-order valence-electron chi connectivity index (χ1n) is 11.6. The van der Waals surface area contributed by atoms with Gasteiger partial charge in [0.2, 0.25) is 5.82 Å². The average Bonchev–Trinajstić information content (AvgIpc) is 3.24. The van der Waals surface area contributed by atoms with Crippen LogP contribution in [0.2, 0.25) is 0 Å². The third kappa shape index (κ3) is 5.87. The molecule has 0 spiro atoms. The molecule has 190 valence electrons. The standard InChI is InChI=1S/C27H28N6O4/c1-17-8-7-11-22(32(2)3)23(17)25(34)29-21(27(36)37)16-18-12-14-19(15-13-18)28-24-26(35)31-33(30-24)20-9-5-4-6-10-20/h4-15,21H,16H2,1-3H3,(H,28,30)(H,29,34)(H,31,35)(H,36,37). The summed E-state index contributed by atoms with van der Waals surface area (Å²) in [5.74, 6) is -1.45. The van der Waals surface area contributed by atoms with E-state index in [0.29, 0.717) is 28.2 Å². The number of carboxylic acids is 1. The lowest BCUT2D eigenvalue weighted by Gasteiger charge is -2.21. The molecule has 10 nitrogen and oxygen atoms in total. The minimum absolute atomic E-state index is 0.0910. The van der Waals surface area contributed by atoms with Crippen molar-refractivity contribution >= 4 is 29.1 Å². The number of para-hydroxylation sites is 1. The van der Waals surface area contributed by atoms with Gasteiger partial charge in [-0.25, -0.2) is 9.89 Å². The van der Waals surface area contributed by atoms with E-state index in [4.69, 9.17) is 0 Å². The fraction of sp³-hybridized carbons (Fsp3) is 0.185. The summed E-state index contributed by atoms with van der Waals surface area (Å²) in [6.07, 6.45) is 0.0910. The largest absolute Gasteiger partial charge is 0.480 e. The monoisotopic (exact) mass is 500 g/mol. The Hall–Kier alpha value is -4.86. The summed E-state index contributed by atoms with van der Waals surface area (Å²) in [7, 11) is 3.66. The molecule has 4 rings (SSSR count). The Morgan fingerprint density at radius 3 is 2.38 bits per heavy atom. The molecule has 0 saturated heterocycles. The zero-order chi connectivity index (χ0) is 26.5. The number of hydrogen-bond donors (Lipinski definition) is 4. The predicted molar refractivity (Wildman–Crippen MR) is 142 cm³/mol. The first-order chi connectivity index (χ1) is 17.7. The number of carboxylic acid groups (broad SMARTS) is 1. The van der Waals surface area contributed by atoms with Gasteiger partial charge in [-0.05, 0) is 48.4 Å². The van der Waals surface area contributed by atoms with Gasteiger partial charge in [0.05, 0.1) is 11.3 Å². The fourth-order valence-corrected chi connectivity index (χ4v) is 3.94. The summed E-state index contributed by atoms with van der Waals surface area (Å²) < 4.78 is 0. The van der Waals surface area contributed by atoms with E-state index in [1.807, 2.05) is 74.4 Å². The van der Waals surface area contributed by atoms with E-state index in [1.165, 1.54) is 4.80 Å². The van der Waals surface area contributed by atoms with Gasteiger partial charge < -0.3 is 20.6 Å². The normalized spacial score (nSPS) is 11.5. The molecule has 0 radical (unpaired) electrons. The van der Waals surface area contributed by atoms with E-state index < -0.39 is 17.9 Å². The van der Waals surface area contributed by atoms with Crippen LogP contribution in [0.1, 0.15) is 21.5 Å². The SMILES string of the molecule is Cc1cccc(N(C)C)c1C(=O)NC(Cc1ccc(Nc2nn(-c3ccccc3)[nH]c2=O)cc1)C(=O)O. The van der Waals surface area contributed by atoms with Gasteiger partial charge >= 0.3 is 11.5 Å². The maximum atomic E-state index is 13.0. The quantitative estimate of drug-likeness (QED) is 0.278. The minimum Gasteiger partial charge on any atom is -0.480 e. The maximum absolute atomic E-state index is 13.0. The number of carbonyl (C=O) groups is 2. The van der Waals surface area contributed by atoms with Crippen LogP contribution >= 0.6 is 0 Å². The Morgan fingerprint density at radius 2 is 1.73 bits per heavy atom. The van der Waals surface area contributed by atoms with Crippen molar-refractivity contribution in [2.45, 2.75) is 19.4 Å². The van der Waals surface area contributed by atoms with Gasteiger partial charge in [-0.15, -0.1) is 5.10 Å². The molecule has 4 aromatic rings. The lowest BCUT2D eigenvalue weighted by atomic mass is 10.0. The number of anilines is 3. The highest BCUT2D eigenvalue weighted by atomic mass is 16.4. The molecule has 1 heterocycles. The molecule has 0 aliphatic heterocycles. The van der Waals surface area contributed by atoms with Gasteiger partial charge in [-0.1, -0.05) is 42.5 Å². The molecular weight excluding hydrogens is 472 g/mol. The molecule has 4 N–H and O–H groups in total. The first kappa shape index (κ1) is 25.2. The Kier molecular flexibility index (Phi) is 7.38. The molecule has 0 aliphatic carbocycles. The van der Waals surface area contributed by atoms with Crippen molar-refractivity contribution in [1.82, 2.24) is 20.3 Å². The van der Waals surface area contributed by atoms with Gasteiger partial charge in [0, 0.05) is 31.9 Å². The van der Waals surface area contributed by atoms with Crippen LogP contribution in [0.5, 0.6) is 0 Å². The predicted octanol–water partition coefficient (Wildman–Crippen LogP) is 3.10. The summed E-state index contributed by atoms with van der Waals surface area (Å²) in [6.45, 7) is 1.82. The number of rotatable bonds is 9. The van der Waals surface area contributed by atoms with Crippen molar-refractivity contribution in [3.05, 3.63) is 99.8 Å². The highest BCUT2D eigenvalue weighted by Gasteiger charge is 2.24. The number of nitrogens with one attached hydrogen (secondary N) is 3. The topological polar surface area (TPSA) is 132 Å². The van der Waals surface area contributed by atoms with Gasteiger partial charge in [-0.3, -0.25) is 9.59 Å². The fourth-order valence-electron chi connectivity index (χ4n) is 3.94. The molecule has 0 aliphatic rings. The number of aromatic nitrogens is 3. The van der Waals surface area contributed by atoms with Crippen molar-refractivity contribution in [3.63, 3.8) is 0 Å². The molecule has 1 atom stereocenters. The van der Waals surface area contributed by atoms with Crippen LogP contribution in [0, 0.1) is 6.92 Å². The molecule has 0 bridgehead atoms. The van der Waals surface area contributed by atoms with E-state index >= 15 is 0 Å². The Balaban J connectivity index is 1.46. The summed E-state index contributed by atoms with van der Waals surface area (Å²) in [5.41, 5.74) is 3.56. The molecule has 10 heteroatoms. The molecule has 0 saturated carbocycles. The van der Waals surface area contributed by atoms with Crippen LogP contribution in [0.15, 0.2) is 77.6 Å². The third-order valence-corrected chi connectivity index (χ3v) is 5.84. The molecule has 1 amide bonds. The number of aromatic amines is 1. The zero-order valence-corrected chi connectivity index (χ0v) is 20.7. The molecule has 1 unspecified atom stereocenters. The Morgan fingerprint density at radius 1 is 1.03 bits per heavy atom. The number of carbonyl (C=O) groups excluding carboxylic acids is 1. The number of amides is 1. The maximum Gasteiger partial charge on any atom is 0.326 e. The second-order valence-corrected chi connectivity index (χ2v) is 8.79. The molecule has 1 aromatic heterocycles. The van der Waals surface area contributed by atoms with Crippen LogP contribution in [-0.2, 0) is 11.2 Å². The minimum atomic E-state index is -1.13. The Bertz CT molecular complexity index is 1460. The van der Waals surface area contributed by atoms with Gasteiger partial charge in [-0.2, -0.15) is 4.80 Å². The van der Waals surface area contributed by atoms with E-state index in [2.05, 4.69) is 20.8 Å². The first-order valence-corrected chi connectivity index (χ1v) is 11.6. The van der Waals surface area contributed by atoms with Crippen LogP contribution in [0.25, 0.3) is 5.69 Å². The highest BCUT2D eigenvalue weighted by Crippen LogP contribution is 2.22. The van der Waals surface area contributed by atoms with Crippen molar-refractivity contribution in [1.29, 1.82) is 0 Å². The van der Waals surface area contributed by atoms with Crippen LogP contribution in [0.4, 0.5) is 17.2 Å². The molecule has 37 heavy (non-hydrogen) atoms. The van der Waals surface area contributed by atoms with Crippen LogP contribution < -0.4 is 21.1 Å². The summed E-state index contributed by atoms with van der Waals surface area (Å²) >= 11 is 0. The van der Waals surface area contributed by atoms with E-state index in [-0.39, 0.29) is 17.8 Å². The zero-order valence-electron chi connectivity index (χ0n) is 20.7. The third-order valence-electron chi connectivity index (χ3n) is 5.84. The number of H-pyrrole nitrogens is 1. The van der Waals surface area contributed by atoms with E-state index in [0.717, 1.165) is 5.56 Å². The van der Waals surface area contributed by atoms with Crippen molar-refractivity contribution in [2.75, 3.05) is 24.3 Å². The Labute approximate surface area is 213 Å². The molecule has 0 fully saturated rings. The highest BCUT2D eigenvalue weighted by molar-refractivity contribution is 6.02. The number of benzene rings is 3. The average molecular weight is 501 g/mol. The van der Waals surface area contributed by atoms with Gasteiger partial charge in [0.25, 0.3) is 5.91 Å². The van der Waals surface area contributed by atoms with Crippen molar-refractivity contribution < 1.29 is 14.7 Å². The number of nitrogens with zero attached hydrogens (tertiary/aromatic N) is 3. The lowest BCUT2D eigenvalue weighted by Crippen LogP contribution is -2.43. The number of aliphatic carboxylic acids is 1. The van der Waals surface area contributed by atoms with Crippen molar-refractivity contribution in [3.8, 4) is 5.69 Å². The lowest BCUT2D eigenvalue weighted by molar-refractivity contribution is -0.139. The number of hydrogen-bond acceptors (Lipinski definition) is 6. The smallest absolute Gasteiger partial charge is 0.326 e. The summed E-state index contributed by atoms with van der Waals surface area (Å²) in [5, 5.41) is 22.3. The second kappa shape index (κ2) is 10.8. The summed E-state index contributed by atoms with van der Waals surface area (Å²) in [4.78, 5) is 40.5. The van der Waals surface area contributed by atoms with Crippen molar-refractivity contribution in [2.24, 2.45) is 0 Å². The second-order valence-electron chi connectivity index (χ2n) is 8.79. The number of aryl methyl sites for hydroxylation is 1. The summed E-state index contributed by atoms with van der Waals surface area (Å²) in [6, 6.07) is 20.5. The molecular formula is C27H28N6O4. The van der Waals surface area contributed by atoms with Gasteiger partial charge in [0.1, 0.15) is 6.04 Å². The van der Waals surface area contributed by atoms with Gasteiger partial charge in [0.15, 0.2) is 0 Å². The molecule has 3 aromatic carbocycles.